The first kappa shape index (κ1) is 11.0. The third kappa shape index (κ3) is 2.36. The van der Waals surface area contributed by atoms with Gasteiger partial charge in [0, 0.05) is 11.8 Å². The molecule has 1 nitrogen and oxygen atoms in total. The van der Waals surface area contributed by atoms with Crippen LogP contribution in [0, 0.1) is 3.57 Å². The van der Waals surface area contributed by atoms with Gasteiger partial charge in [0.15, 0.2) is 0 Å². The molecule has 80 valence electrons. The molecule has 0 N–H and O–H groups in total. The summed E-state index contributed by atoms with van der Waals surface area (Å²) in [7, 11) is 0. The monoisotopic (exact) mass is 314 g/mol. The summed E-state index contributed by atoms with van der Waals surface area (Å²) >= 11 is 2.39. The lowest BCUT2D eigenvalue weighted by atomic mass is 10.1. The summed E-state index contributed by atoms with van der Waals surface area (Å²) in [6.45, 7) is 2.23. The van der Waals surface area contributed by atoms with E-state index in [1.54, 1.807) is 0 Å². The van der Waals surface area contributed by atoms with E-state index in [-0.39, 0.29) is 0 Å². The fraction of sp³-hybridized carbons (Fsp3) is 0.385. The van der Waals surface area contributed by atoms with E-state index in [0.29, 0.717) is 0 Å². The summed E-state index contributed by atoms with van der Waals surface area (Å²) < 4.78 is 7.13. The largest absolute Gasteiger partial charge is 0.460 e. The third-order valence-corrected chi connectivity index (χ3v) is 3.79. The summed E-state index contributed by atoms with van der Waals surface area (Å²) in [4.78, 5) is 0. The van der Waals surface area contributed by atoms with Gasteiger partial charge >= 0.3 is 0 Å². The van der Waals surface area contributed by atoms with Crippen molar-refractivity contribution < 1.29 is 4.42 Å². The highest BCUT2D eigenvalue weighted by molar-refractivity contribution is 14.1. The lowest BCUT2D eigenvalue weighted by molar-refractivity contribution is 0.528. The average Bonchev–Trinajstić information content (AvgIpc) is 2.57. The molecule has 1 aromatic heterocycles. The van der Waals surface area contributed by atoms with E-state index in [1.807, 2.05) is 12.1 Å². The Kier molecular flexibility index (Phi) is 3.67. The van der Waals surface area contributed by atoms with Crippen LogP contribution in [0.3, 0.4) is 0 Å². The Morgan fingerprint density at radius 2 is 2.00 bits per heavy atom. The van der Waals surface area contributed by atoms with Crippen LogP contribution < -0.4 is 0 Å². The molecule has 0 aliphatic carbocycles. The lowest BCUT2D eigenvalue weighted by Crippen LogP contribution is -1.84. The highest BCUT2D eigenvalue weighted by Crippen LogP contribution is 2.28. The molecule has 0 aliphatic heterocycles. The Morgan fingerprint density at radius 1 is 1.20 bits per heavy atom. The summed E-state index contributed by atoms with van der Waals surface area (Å²) in [6.07, 6.45) is 4.84. The van der Waals surface area contributed by atoms with Gasteiger partial charge in [-0.1, -0.05) is 38.0 Å². The zero-order valence-electron chi connectivity index (χ0n) is 8.92. The van der Waals surface area contributed by atoms with Crippen LogP contribution in [0.5, 0.6) is 0 Å². The predicted octanol–water partition coefficient (Wildman–Crippen LogP) is 4.77. The highest BCUT2D eigenvalue weighted by Gasteiger charge is 2.10. The molecule has 0 saturated carbocycles. The van der Waals surface area contributed by atoms with E-state index in [1.165, 1.54) is 28.2 Å². The number of furan rings is 1. The molecular weight excluding hydrogens is 299 g/mol. The Balaban J connectivity index is 2.24. The number of halogens is 1. The summed E-state index contributed by atoms with van der Waals surface area (Å²) in [5, 5.41) is 1.25. The van der Waals surface area contributed by atoms with Gasteiger partial charge in [-0.3, -0.25) is 0 Å². The van der Waals surface area contributed by atoms with Crippen LogP contribution in [-0.2, 0) is 6.42 Å². The molecule has 0 fully saturated rings. The Hall–Kier alpha value is -0.510. The molecule has 0 atom stereocenters. The van der Waals surface area contributed by atoms with Crippen LogP contribution in [0.1, 0.15) is 31.9 Å². The van der Waals surface area contributed by atoms with Crippen molar-refractivity contribution in [1.82, 2.24) is 0 Å². The molecule has 15 heavy (non-hydrogen) atoms. The van der Waals surface area contributed by atoms with Gasteiger partial charge in [0.05, 0.1) is 3.57 Å². The van der Waals surface area contributed by atoms with Crippen molar-refractivity contribution in [3.8, 4) is 0 Å². The van der Waals surface area contributed by atoms with Crippen LogP contribution in [0.2, 0.25) is 0 Å². The van der Waals surface area contributed by atoms with Crippen molar-refractivity contribution in [2.75, 3.05) is 0 Å². The number of hydrogen-bond donors (Lipinski definition) is 0. The molecule has 0 aliphatic rings. The van der Waals surface area contributed by atoms with Crippen LogP contribution in [-0.4, -0.2) is 0 Å². The predicted molar refractivity (Wildman–Crippen MR) is 72.2 cm³/mol. The molecule has 2 aromatic rings. The summed E-state index contributed by atoms with van der Waals surface area (Å²) in [6, 6.07) is 8.26. The minimum Gasteiger partial charge on any atom is -0.460 e. The highest BCUT2D eigenvalue weighted by atomic mass is 127. The molecule has 1 aromatic carbocycles. The summed E-state index contributed by atoms with van der Waals surface area (Å²) in [5.41, 5.74) is 1.02. The van der Waals surface area contributed by atoms with Crippen molar-refractivity contribution in [2.24, 2.45) is 0 Å². The fourth-order valence-corrected chi connectivity index (χ4v) is 2.59. The maximum atomic E-state index is 5.84. The van der Waals surface area contributed by atoms with Crippen molar-refractivity contribution >= 4 is 33.6 Å². The molecule has 0 unspecified atom stereocenters. The molecule has 2 heteroatoms. The third-order valence-electron chi connectivity index (χ3n) is 2.61. The fourth-order valence-electron chi connectivity index (χ4n) is 1.76. The maximum absolute atomic E-state index is 5.84. The Morgan fingerprint density at radius 3 is 2.73 bits per heavy atom. The van der Waals surface area contributed by atoms with Crippen molar-refractivity contribution in [3.63, 3.8) is 0 Å². The SMILES string of the molecule is CCCCCc1oc2ccccc2c1I. The van der Waals surface area contributed by atoms with Gasteiger partial charge in [0.2, 0.25) is 0 Å². The van der Waals surface area contributed by atoms with Gasteiger partial charge in [-0.05, 0) is 35.1 Å². The lowest BCUT2D eigenvalue weighted by Gasteiger charge is -1.95. The molecule has 0 bridgehead atoms. The maximum Gasteiger partial charge on any atom is 0.135 e. The van der Waals surface area contributed by atoms with E-state index in [0.717, 1.165) is 17.8 Å². The van der Waals surface area contributed by atoms with E-state index >= 15 is 0 Å². The van der Waals surface area contributed by atoms with Crippen LogP contribution in [0.15, 0.2) is 28.7 Å². The molecular formula is C13H15IO. The van der Waals surface area contributed by atoms with Gasteiger partial charge in [-0.25, -0.2) is 0 Å². The molecule has 0 spiro atoms. The second-order valence-corrected chi connectivity index (χ2v) is 4.87. The smallest absolute Gasteiger partial charge is 0.135 e. The average molecular weight is 314 g/mol. The van der Waals surface area contributed by atoms with Gasteiger partial charge in [-0.2, -0.15) is 0 Å². The minimum atomic E-state index is 1.02. The number of hydrogen-bond acceptors (Lipinski definition) is 1. The number of para-hydroxylation sites is 1. The molecule has 2 rings (SSSR count). The zero-order chi connectivity index (χ0) is 10.7. The van der Waals surface area contributed by atoms with E-state index < -0.39 is 0 Å². The van der Waals surface area contributed by atoms with Crippen LogP contribution >= 0.6 is 22.6 Å². The Bertz CT molecular complexity index is 445. The van der Waals surface area contributed by atoms with Crippen LogP contribution in [0.25, 0.3) is 11.0 Å². The molecule has 0 saturated heterocycles. The van der Waals surface area contributed by atoms with Gasteiger partial charge in [0.25, 0.3) is 0 Å². The second-order valence-electron chi connectivity index (χ2n) is 3.79. The second kappa shape index (κ2) is 5.01. The minimum absolute atomic E-state index is 1.02. The van der Waals surface area contributed by atoms with Crippen molar-refractivity contribution in [2.45, 2.75) is 32.6 Å². The van der Waals surface area contributed by atoms with Gasteiger partial charge in [-0.15, -0.1) is 0 Å². The zero-order valence-corrected chi connectivity index (χ0v) is 11.1. The number of unbranched alkanes of at least 4 members (excludes halogenated alkanes) is 2. The molecule has 1 heterocycles. The standard InChI is InChI=1S/C13H15IO/c1-2-3-4-9-12-13(14)10-7-5-6-8-11(10)15-12/h5-8H,2-4,9H2,1H3. The first-order chi connectivity index (χ1) is 7.33. The number of aryl methyl sites for hydroxylation is 1. The van der Waals surface area contributed by atoms with E-state index in [4.69, 9.17) is 4.42 Å². The van der Waals surface area contributed by atoms with E-state index in [9.17, 15) is 0 Å². The molecule has 0 radical (unpaired) electrons. The summed E-state index contributed by atoms with van der Waals surface area (Å²) in [5.74, 6) is 1.16. The number of rotatable bonds is 4. The molecule has 0 amide bonds. The van der Waals surface area contributed by atoms with Crippen molar-refractivity contribution in [3.05, 3.63) is 33.6 Å². The topological polar surface area (TPSA) is 13.1 Å². The first-order valence-electron chi connectivity index (χ1n) is 5.49. The normalized spacial score (nSPS) is 11.1. The number of benzene rings is 1. The van der Waals surface area contributed by atoms with E-state index in [2.05, 4.69) is 41.6 Å². The van der Waals surface area contributed by atoms with Crippen LogP contribution in [0.4, 0.5) is 0 Å². The quantitative estimate of drug-likeness (QED) is 0.585. The first-order valence-corrected chi connectivity index (χ1v) is 6.56. The Labute approximate surface area is 104 Å². The number of fused-ring (bicyclic) bond motifs is 1. The van der Waals surface area contributed by atoms with Gasteiger partial charge < -0.3 is 4.42 Å². The van der Waals surface area contributed by atoms with Gasteiger partial charge in [0.1, 0.15) is 11.3 Å². The van der Waals surface area contributed by atoms with Crippen molar-refractivity contribution in [1.29, 1.82) is 0 Å².